The monoisotopic (exact) mass is 409 g/mol. The fraction of sp³-hybridized carbons (Fsp3) is 0. The molecular formula is C29H19N3. The number of hydrogen-bond donors (Lipinski definition) is 2. The Balaban J connectivity index is 1.45. The summed E-state index contributed by atoms with van der Waals surface area (Å²) in [4.78, 5) is 12.0. The van der Waals surface area contributed by atoms with Gasteiger partial charge in [0.1, 0.15) is 0 Å². The van der Waals surface area contributed by atoms with Gasteiger partial charge in [0.25, 0.3) is 0 Å². The Bertz CT molecular complexity index is 1660. The average Bonchev–Trinajstić information content (AvgIpc) is 3.42. The molecule has 0 aliphatic carbocycles. The van der Waals surface area contributed by atoms with Crippen molar-refractivity contribution in [3.8, 4) is 22.4 Å². The molecule has 0 fully saturated rings. The number of nitrogens with one attached hydrogen (secondary N) is 2. The highest BCUT2D eigenvalue weighted by molar-refractivity contribution is 6.13. The number of para-hydroxylation sites is 4. The van der Waals surface area contributed by atoms with Crippen molar-refractivity contribution >= 4 is 43.6 Å². The van der Waals surface area contributed by atoms with Crippen molar-refractivity contribution < 1.29 is 0 Å². The highest BCUT2D eigenvalue weighted by Crippen LogP contribution is 2.36. The van der Waals surface area contributed by atoms with Crippen LogP contribution in [0.4, 0.5) is 0 Å². The Morgan fingerprint density at radius 1 is 0.500 bits per heavy atom. The summed E-state index contributed by atoms with van der Waals surface area (Å²) in [6, 6.07) is 34.1. The summed E-state index contributed by atoms with van der Waals surface area (Å²) in [5, 5.41) is 4.96. The van der Waals surface area contributed by atoms with Crippen molar-refractivity contribution in [1.82, 2.24) is 15.0 Å². The van der Waals surface area contributed by atoms with Crippen LogP contribution in [-0.4, -0.2) is 15.0 Å². The highest BCUT2D eigenvalue weighted by Gasteiger charge is 2.13. The van der Waals surface area contributed by atoms with Crippen molar-refractivity contribution in [2.45, 2.75) is 0 Å². The van der Waals surface area contributed by atoms with Crippen LogP contribution in [0.3, 0.4) is 0 Å². The molecule has 0 spiro atoms. The van der Waals surface area contributed by atoms with Gasteiger partial charge in [0, 0.05) is 49.9 Å². The third-order valence-corrected chi connectivity index (χ3v) is 6.43. The zero-order chi connectivity index (χ0) is 21.1. The normalized spacial score (nSPS) is 11.8. The Morgan fingerprint density at radius 2 is 1.06 bits per heavy atom. The van der Waals surface area contributed by atoms with Gasteiger partial charge in [-0.05, 0) is 29.8 Å². The first-order valence-electron chi connectivity index (χ1n) is 10.8. The lowest BCUT2D eigenvalue weighted by Crippen LogP contribution is -1.88. The fourth-order valence-corrected chi connectivity index (χ4v) is 4.95. The maximum absolute atomic E-state index is 4.75. The zero-order valence-electron chi connectivity index (χ0n) is 17.3. The summed E-state index contributed by atoms with van der Waals surface area (Å²) < 4.78 is 0. The van der Waals surface area contributed by atoms with Gasteiger partial charge in [0.05, 0.1) is 16.7 Å². The molecule has 0 saturated heterocycles. The van der Waals surface area contributed by atoms with Gasteiger partial charge in [-0.3, -0.25) is 4.98 Å². The Kier molecular flexibility index (Phi) is 3.55. The molecule has 7 aromatic rings. The van der Waals surface area contributed by atoms with Crippen molar-refractivity contribution in [2.24, 2.45) is 0 Å². The Hall–Kier alpha value is -4.37. The second-order valence-electron chi connectivity index (χ2n) is 8.23. The van der Waals surface area contributed by atoms with E-state index in [-0.39, 0.29) is 0 Å². The van der Waals surface area contributed by atoms with E-state index in [9.17, 15) is 0 Å². The van der Waals surface area contributed by atoms with Crippen LogP contribution in [0.15, 0.2) is 103 Å². The molecule has 0 unspecified atom stereocenters. The van der Waals surface area contributed by atoms with E-state index in [0.29, 0.717) is 0 Å². The van der Waals surface area contributed by atoms with Crippen molar-refractivity contribution in [1.29, 1.82) is 0 Å². The van der Waals surface area contributed by atoms with E-state index in [1.807, 2.05) is 6.20 Å². The number of aromatic amines is 2. The summed E-state index contributed by atoms with van der Waals surface area (Å²) >= 11 is 0. The smallest absolute Gasteiger partial charge is 0.0729 e. The molecule has 7 rings (SSSR count). The average molecular weight is 409 g/mol. The molecule has 0 amide bonds. The van der Waals surface area contributed by atoms with E-state index in [0.717, 1.165) is 38.9 Å². The summed E-state index contributed by atoms with van der Waals surface area (Å²) in [6.45, 7) is 0. The second kappa shape index (κ2) is 6.56. The molecule has 3 heteroatoms. The predicted octanol–water partition coefficient (Wildman–Crippen LogP) is 7.68. The number of H-pyrrole nitrogens is 2. The molecule has 0 atom stereocenters. The number of nitrogens with zero attached hydrogens (tertiary/aromatic N) is 1. The van der Waals surface area contributed by atoms with Gasteiger partial charge in [-0.1, -0.05) is 72.8 Å². The molecule has 0 aliphatic rings. The van der Waals surface area contributed by atoms with E-state index in [1.54, 1.807) is 0 Å². The summed E-state index contributed by atoms with van der Waals surface area (Å²) in [5.41, 5.74) is 9.02. The third kappa shape index (κ3) is 2.45. The summed E-state index contributed by atoms with van der Waals surface area (Å²) in [5.74, 6) is 0. The molecule has 4 aromatic carbocycles. The summed E-state index contributed by atoms with van der Waals surface area (Å²) in [7, 11) is 0. The van der Waals surface area contributed by atoms with E-state index in [4.69, 9.17) is 4.98 Å². The first kappa shape index (κ1) is 17.3. The van der Waals surface area contributed by atoms with Gasteiger partial charge in [-0.25, -0.2) is 0 Å². The lowest BCUT2D eigenvalue weighted by molar-refractivity contribution is 1.33. The SMILES string of the molecule is c1ccc2c(c1)[nH]c1c(-c3ccnc(-c4cccc5c4[nH]c4ccccc45)c3)cccc12. The van der Waals surface area contributed by atoms with Crippen LogP contribution in [0.5, 0.6) is 0 Å². The molecule has 0 radical (unpaired) electrons. The Morgan fingerprint density at radius 3 is 1.75 bits per heavy atom. The highest BCUT2D eigenvalue weighted by atomic mass is 14.7. The van der Waals surface area contributed by atoms with Crippen molar-refractivity contribution in [2.75, 3.05) is 0 Å². The second-order valence-corrected chi connectivity index (χ2v) is 8.23. The number of pyridine rings is 1. The molecular weight excluding hydrogens is 390 g/mol. The molecule has 0 aliphatic heterocycles. The van der Waals surface area contributed by atoms with Crippen LogP contribution >= 0.6 is 0 Å². The number of aromatic nitrogens is 3. The minimum Gasteiger partial charge on any atom is -0.354 e. The van der Waals surface area contributed by atoms with Crippen LogP contribution in [0.25, 0.3) is 66.0 Å². The lowest BCUT2D eigenvalue weighted by atomic mass is 10.00. The topological polar surface area (TPSA) is 44.5 Å². The van der Waals surface area contributed by atoms with Gasteiger partial charge in [0.2, 0.25) is 0 Å². The van der Waals surface area contributed by atoms with E-state index < -0.39 is 0 Å². The molecule has 2 N–H and O–H groups in total. The number of hydrogen-bond acceptors (Lipinski definition) is 1. The maximum atomic E-state index is 4.75. The lowest BCUT2D eigenvalue weighted by Gasteiger charge is -2.08. The molecule has 150 valence electrons. The maximum Gasteiger partial charge on any atom is 0.0729 e. The number of benzene rings is 4. The van der Waals surface area contributed by atoms with Gasteiger partial charge >= 0.3 is 0 Å². The standard InChI is InChI=1S/C29H19N3/c1-3-13-25-20(7-1)22-10-5-9-19(28(22)31-25)18-15-16-30-27(17-18)24-12-6-11-23-21-8-2-4-14-26(21)32-29(23)24/h1-17,31-32H. The van der Waals surface area contributed by atoms with Gasteiger partial charge < -0.3 is 9.97 Å². The van der Waals surface area contributed by atoms with E-state index >= 15 is 0 Å². The Labute approximate surface area is 184 Å². The third-order valence-electron chi connectivity index (χ3n) is 6.43. The van der Waals surface area contributed by atoms with Gasteiger partial charge in [0.15, 0.2) is 0 Å². The quantitative estimate of drug-likeness (QED) is 0.302. The van der Waals surface area contributed by atoms with Crippen LogP contribution in [0.2, 0.25) is 0 Å². The molecule has 3 aromatic heterocycles. The van der Waals surface area contributed by atoms with Crippen LogP contribution in [0, 0.1) is 0 Å². The zero-order valence-corrected chi connectivity index (χ0v) is 17.3. The largest absolute Gasteiger partial charge is 0.354 e. The molecule has 32 heavy (non-hydrogen) atoms. The van der Waals surface area contributed by atoms with Crippen LogP contribution in [-0.2, 0) is 0 Å². The molecule has 0 saturated carbocycles. The fourth-order valence-electron chi connectivity index (χ4n) is 4.95. The predicted molar refractivity (Wildman–Crippen MR) is 134 cm³/mol. The van der Waals surface area contributed by atoms with Crippen molar-refractivity contribution in [3.63, 3.8) is 0 Å². The number of fused-ring (bicyclic) bond motifs is 6. The molecule has 3 nitrogen and oxygen atoms in total. The van der Waals surface area contributed by atoms with Gasteiger partial charge in [-0.2, -0.15) is 0 Å². The first-order chi connectivity index (χ1) is 15.9. The minimum absolute atomic E-state index is 0.966. The number of rotatable bonds is 2. The molecule has 0 bridgehead atoms. The van der Waals surface area contributed by atoms with Crippen molar-refractivity contribution in [3.05, 3.63) is 103 Å². The summed E-state index contributed by atoms with van der Waals surface area (Å²) in [6.07, 6.45) is 1.91. The molecule has 3 heterocycles. The van der Waals surface area contributed by atoms with E-state index in [1.165, 1.54) is 27.1 Å². The van der Waals surface area contributed by atoms with Crippen LogP contribution in [0.1, 0.15) is 0 Å². The van der Waals surface area contributed by atoms with Gasteiger partial charge in [-0.15, -0.1) is 0 Å². The van der Waals surface area contributed by atoms with E-state index in [2.05, 4.69) is 107 Å². The van der Waals surface area contributed by atoms with Crippen LogP contribution < -0.4 is 0 Å². The first-order valence-corrected chi connectivity index (χ1v) is 10.8. The minimum atomic E-state index is 0.966.